The quantitative estimate of drug-likeness (QED) is 0.707. The monoisotopic (exact) mass is 230 g/mol. The van der Waals surface area contributed by atoms with Crippen LogP contribution in [0.25, 0.3) is 11.0 Å². The van der Waals surface area contributed by atoms with E-state index >= 15 is 0 Å². The molecule has 0 radical (unpaired) electrons. The van der Waals surface area contributed by atoms with Gasteiger partial charge in [0, 0.05) is 12.0 Å². The molecule has 1 saturated heterocycles. The zero-order valence-corrected chi connectivity index (χ0v) is 9.73. The Balaban J connectivity index is 2.18. The highest BCUT2D eigenvalue weighted by Crippen LogP contribution is 2.28. The molecule has 3 nitrogen and oxygen atoms in total. The number of hydrogen-bond donors (Lipinski definition) is 0. The molecule has 1 aromatic heterocycles. The lowest BCUT2D eigenvalue weighted by molar-refractivity contribution is 0.109. The number of ether oxygens (including phenoxy) is 1. The van der Waals surface area contributed by atoms with Crippen LogP contribution in [-0.2, 0) is 4.74 Å². The molecule has 1 aromatic carbocycles. The zero-order chi connectivity index (χ0) is 11.8. The second-order valence-corrected chi connectivity index (χ2v) is 4.53. The summed E-state index contributed by atoms with van der Waals surface area (Å²) in [4.78, 5) is 11.9. The molecule has 1 aliphatic rings. The van der Waals surface area contributed by atoms with Gasteiger partial charge in [0.25, 0.3) is 0 Å². The summed E-state index contributed by atoms with van der Waals surface area (Å²) < 4.78 is 10.9. The number of aryl methyl sites for hydroxylation is 1. The fourth-order valence-electron chi connectivity index (χ4n) is 2.31. The van der Waals surface area contributed by atoms with E-state index in [1.165, 1.54) is 0 Å². The first kappa shape index (κ1) is 10.5. The first-order chi connectivity index (χ1) is 8.24. The summed E-state index contributed by atoms with van der Waals surface area (Å²) in [7, 11) is 0. The standard InChI is InChI=1S/C14H14O3/c1-9-4-5-12-10(7-9)8-11(14(15)17-12)13-3-2-6-16-13/h4-5,7-8,13H,2-3,6H2,1H3. The summed E-state index contributed by atoms with van der Waals surface area (Å²) in [6, 6.07) is 7.71. The molecule has 0 spiro atoms. The Morgan fingerprint density at radius 2 is 2.18 bits per heavy atom. The lowest BCUT2D eigenvalue weighted by Crippen LogP contribution is -2.11. The lowest BCUT2D eigenvalue weighted by atomic mass is 10.1. The highest BCUT2D eigenvalue weighted by molar-refractivity contribution is 5.77. The van der Waals surface area contributed by atoms with Gasteiger partial charge in [-0.2, -0.15) is 0 Å². The van der Waals surface area contributed by atoms with Gasteiger partial charge in [0.15, 0.2) is 0 Å². The van der Waals surface area contributed by atoms with E-state index in [4.69, 9.17) is 9.15 Å². The molecule has 2 aromatic rings. The van der Waals surface area contributed by atoms with Gasteiger partial charge in [-0.15, -0.1) is 0 Å². The molecule has 0 saturated carbocycles. The first-order valence-corrected chi connectivity index (χ1v) is 5.90. The SMILES string of the molecule is Cc1ccc2oc(=O)c(C3CCCO3)cc2c1. The van der Waals surface area contributed by atoms with Crippen LogP contribution < -0.4 is 5.63 Å². The van der Waals surface area contributed by atoms with Gasteiger partial charge in [-0.25, -0.2) is 4.79 Å². The van der Waals surface area contributed by atoms with Crippen molar-refractivity contribution in [3.05, 3.63) is 45.8 Å². The van der Waals surface area contributed by atoms with Gasteiger partial charge in [-0.05, 0) is 38.0 Å². The Labute approximate surface area is 99.0 Å². The van der Waals surface area contributed by atoms with Crippen LogP contribution in [-0.4, -0.2) is 6.61 Å². The molecule has 0 amide bonds. The Hall–Kier alpha value is -1.61. The predicted octanol–water partition coefficient (Wildman–Crippen LogP) is 2.95. The van der Waals surface area contributed by atoms with Crippen LogP contribution in [0.2, 0.25) is 0 Å². The summed E-state index contributed by atoms with van der Waals surface area (Å²) in [5.74, 6) is 0. The second kappa shape index (κ2) is 4.00. The topological polar surface area (TPSA) is 39.4 Å². The molecular weight excluding hydrogens is 216 g/mol. The summed E-state index contributed by atoms with van der Waals surface area (Å²) in [6.45, 7) is 2.76. The van der Waals surface area contributed by atoms with Gasteiger partial charge in [0.2, 0.25) is 0 Å². The molecule has 1 aliphatic heterocycles. The Bertz CT molecular complexity index is 606. The van der Waals surface area contributed by atoms with Crippen molar-refractivity contribution in [1.29, 1.82) is 0 Å². The highest BCUT2D eigenvalue weighted by atomic mass is 16.5. The maximum atomic E-state index is 11.9. The van der Waals surface area contributed by atoms with Crippen molar-refractivity contribution in [2.24, 2.45) is 0 Å². The Kier molecular flexibility index (Phi) is 2.48. The van der Waals surface area contributed by atoms with Crippen molar-refractivity contribution < 1.29 is 9.15 Å². The molecule has 1 unspecified atom stereocenters. The predicted molar refractivity (Wildman–Crippen MR) is 65.1 cm³/mol. The molecular formula is C14H14O3. The lowest BCUT2D eigenvalue weighted by Gasteiger charge is -2.08. The molecule has 0 bridgehead atoms. The fraction of sp³-hybridized carbons (Fsp3) is 0.357. The fourth-order valence-corrected chi connectivity index (χ4v) is 2.31. The second-order valence-electron chi connectivity index (χ2n) is 4.53. The first-order valence-electron chi connectivity index (χ1n) is 5.90. The van der Waals surface area contributed by atoms with Crippen LogP contribution in [0, 0.1) is 6.92 Å². The van der Waals surface area contributed by atoms with Crippen molar-refractivity contribution in [2.45, 2.75) is 25.9 Å². The average molecular weight is 230 g/mol. The molecule has 88 valence electrons. The minimum atomic E-state index is -0.270. The van der Waals surface area contributed by atoms with E-state index in [1.54, 1.807) is 0 Å². The molecule has 3 rings (SSSR count). The third kappa shape index (κ3) is 1.87. The van der Waals surface area contributed by atoms with Crippen molar-refractivity contribution in [2.75, 3.05) is 6.61 Å². The summed E-state index contributed by atoms with van der Waals surface area (Å²) in [6.07, 6.45) is 1.83. The van der Waals surface area contributed by atoms with Crippen LogP contribution >= 0.6 is 0 Å². The van der Waals surface area contributed by atoms with E-state index in [-0.39, 0.29) is 11.7 Å². The smallest absolute Gasteiger partial charge is 0.342 e. The summed E-state index contributed by atoms with van der Waals surface area (Å²) >= 11 is 0. The molecule has 0 aliphatic carbocycles. The maximum Gasteiger partial charge on any atom is 0.342 e. The van der Waals surface area contributed by atoms with Crippen molar-refractivity contribution in [1.82, 2.24) is 0 Å². The van der Waals surface area contributed by atoms with Crippen LogP contribution in [0.5, 0.6) is 0 Å². The average Bonchev–Trinajstić information content (AvgIpc) is 2.82. The molecule has 2 heterocycles. The number of hydrogen-bond acceptors (Lipinski definition) is 3. The van der Waals surface area contributed by atoms with Crippen LogP contribution in [0.1, 0.15) is 30.1 Å². The van der Waals surface area contributed by atoms with E-state index in [0.717, 1.165) is 30.4 Å². The highest BCUT2D eigenvalue weighted by Gasteiger charge is 2.21. The number of rotatable bonds is 1. The molecule has 0 N–H and O–H groups in total. The van der Waals surface area contributed by atoms with Crippen LogP contribution in [0.4, 0.5) is 0 Å². The largest absolute Gasteiger partial charge is 0.422 e. The Morgan fingerprint density at radius 3 is 2.94 bits per heavy atom. The van der Waals surface area contributed by atoms with E-state index < -0.39 is 0 Å². The van der Waals surface area contributed by atoms with Gasteiger partial charge >= 0.3 is 5.63 Å². The third-order valence-corrected chi connectivity index (χ3v) is 3.19. The summed E-state index contributed by atoms with van der Waals surface area (Å²) in [5.41, 5.74) is 2.18. The number of benzene rings is 1. The van der Waals surface area contributed by atoms with Gasteiger partial charge in [-0.1, -0.05) is 11.6 Å². The summed E-state index contributed by atoms with van der Waals surface area (Å²) in [5, 5.41) is 0.968. The minimum Gasteiger partial charge on any atom is -0.422 e. The van der Waals surface area contributed by atoms with E-state index in [9.17, 15) is 4.79 Å². The van der Waals surface area contributed by atoms with Crippen molar-refractivity contribution >= 4 is 11.0 Å². The maximum absolute atomic E-state index is 11.9. The molecule has 1 fully saturated rings. The minimum absolute atomic E-state index is 0.0869. The van der Waals surface area contributed by atoms with Crippen LogP contribution in [0.3, 0.4) is 0 Å². The zero-order valence-electron chi connectivity index (χ0n) is 9.73. The normalized spacial score (nSPS) is 19.9. The third-order valence-electron chi connectivity index (χ3n) is 3.19. The van der Waals surface area contributed by atoms with E-state index in [0.29, 0.717) is 11.1 Å². The van der Waals surface area contributed by atoms with E-state index in [2.05, 4.69) is 0 Å². The van der Waals surface area contributed by atoms with Crippen molar-refractivity contribution in [3.8, 4) is 0 Å². The number of fused-ring (bicyclic) bond motifs is 1. The molecule has 1 atom stereocenters. The van der Waals surface area contributed by atoms with Crippen LogP contribution in [0.15, 0.2) is 33.5 Å². The van der Waals surface area contributed by atoms with Gasteiger partial charge in [-0.3, -0.25) is 0 Å². The van der Waals surface area contributed by atoms with E-state index in [1.807, 2.05) is 31.2 Å². The Morgan fingerprint density at radius 1 is 1.29 bits per heavy atom. The van der Waals surface area contributed by atoms with Gasteiger partial charge in [0.05, 0.1) is 11.7 Å². The van der Waals surface area contributed by atoms with Gasteiger partial charge in [0.1, 0.15) is 5.58 Å². The van der Waals surface area contributed by atoms with Gasteiger partial charge < -0.3 is 9.15 Å². The molecule has 3 heteroatoms. The van der Waals surface area contributed by atoms with Crippen molar-refractivity contribution in [3.63, 3.8) is 0 Å². The molecule has 17 heavy (non-hydrogen) atoms.